The van der Waals surface area contributed by atoms with Gasteiger partial charge >= 0.3 is 0 Å². The van der Waals surface area contributed by atoms with Crippen LogP contribution in [-0.2, 0) is 25.8 Å². The van der Waals surface area contributed by atoms with Gasteiger partial charge in [0.05, 0.1) is 10.6 Å². The molecule has 0 radical (unpaired) electrons. The first kappa shape index (κ1) is 20.8. The lowest BCUT2D eigenvalue weighted by Gasteiger charge is -2.11. The Hall–Kier alpha value is -2.91. The van der Waals surface area contributed by atoms with Crippen LogP contribution in [0.2, 0.25) is 0 Å². The first-order valence-corrected chi connectivity index (χ1v) is 11.7. The average Bonchev–Trinajstić information content (AvgIpc) is 2.63. The van der Waals surface area contributed by atoms with Crippen LogP contribution in [0, 0.1) is 12.7 Å². The second-order valence-electron chi connectivity index (χ2n) is 6.49. The predicted molar refractivity (Wildman–Crippen MR) is 111 cm³/mol. The monoisotopic (exact) mass is 434 g/mol. The molecule has 0 heterocycles. The predicted octanol–water partition coefficient (Wildman–Crippen LogP) is 3.88. The maximum atomic E-state index is 12.9. The van der Waals surface area contributed by atoms with Gasteiger partial charge in [-0.15, -0.1) is 0 Å². The molecule has 6 nitrogen and oxygen atoms in total. The van der Waals surface area contributed by atoms with Gasteiger partial charge in [-0.25, -0.2) is 21.2 Å². The zero-order valence-electron chi connectivity index (χ0n) is 15.5. The Labute approximate surface area is 169 Å². The molecule has 3 aromatic rings. The molecule has 0 aliphatic rings. The van der Waals surface area contributed by atoms with Crippen molar-refractivity contribution in [2.45, 2.75) is 17.6 Å². The largest absolute Gasteiger partial charge is 0.283 e. The minimum Gasteiger partial charge on any atom is -0.283 e. The lowest BCUT2D eigenvalue weighted by Crippen LogP contribution is -2.16. The van der Waals surface area contributed by atoms with E-state index in [9.17, 15) is 21.2 Å². The van der Waals surface area contributed by atoms with Crippen molar-refractivity contribution in [1.82, 2.24) is 0 Å². The lowest BCUT2D eigenvalue weighted by molar-refractivity contribution is 0.599. The molecule has 0 aromatic heterocycles. The van der Waals surface area contributed by atoms with Gasteiger partial charge in [-0.05, 0) is 66.6 Å². The highest BCUT2D eigenvalue weighted by molar-refractivity contribution is 7.92. The van der Waals surface area contributed by atoms with Crippen molar-refractivity contribution in [3.05, 3.63) is 89.7 Å². The number of nitrogens with one attached hydrogen (secondary N) is 2. The Kier molecular flexibility index (Phi) is 5.90. The average molecular weight is 435 g/mol. The molecule has 9 heteroatoms. The number of anilines is 2. The number of aryl methyl sites for hydroxylation is 1. The summed E-state index contributed by atoms with van der Waals surface area (Å²) in [5, 5.41) is 0. The zero-order valence-corrected chi connectivity index (χ0v) is 17.1. The van der Waals surface area contributed by atoms with Gasteiger partial charge < -0.3 is 0 Å². The Morgan fingerprint density at radius 1 is 0.793 bits per heavy atom. The molecule has 0 spiro atoms. The van der Waals surface area contributed by atoms with E-state index in [4.69, 9.17) is 0 Å². The molecule has 0 atom stereocenters. The van der Waals surface area contributed by atoms with E-state index >= 15 is 0 Å². The van der Waals surface area contributed by atoms with Gasteiger partial charge in [-0.3, -0.25) is 9.44 Å². The van der Waals surface area contributed by atoms with Gasteiger partial charge in [0.15, 0.2) is 0 Å². The molecule has 3 rings (SSSR count). The first-order chi connectivity index (χ1) is 13.6. The van der Waals surface area contributed by atoms with Crippen molar-refractivity contribution >= 4 is 31.4 Å². The third-order valence-electron chi connectivity index (χ3n) is 3.98. The van der Waals surface area contributed by atoms with Crippen molar-refractivity contribution in [3.63, 3.8) is 0 Å². The Balaban J connectivity index is 1.71. The topological polar surface area (TPSA) is 92.3 Å². The summed E-state index contributed by atoms with van der Waals surface area (Å²) in [6, 6.07) is 17.5. The molecule has 0 saturated carbocycles. The van der Waals surface area contributed by atoms with E-state index in [-0.39, 0.29) is 16.3 Å². The zero-order chi connectivity index (χ0) is 21.1. The number of hydrogen-bond acceptors (Lipinski definition) is 4. The van der Waals surface area contributed by atoms with Gasteiger partial charge in [-0.1, -0.05) is 24.3 Å². The van der Waals surface area contributed by atoms with Gasteiger partial charge in [0.1, 0.15) is 5.82 Å². The smallest absolute Gasteiger partial charge is 0.261 e. The molecular formula is C20H19FN2O4S2. The van der Waals surface area contributed by atoms with Crippen LogP contribution in [0.4, 0.5) is 15.8 Å². The summed E-state index contributed by atoms with van der Waals surface area (Å²) in [7, 11) is -7.55. The normalized spacial score (nSPS) is 11.8. The van der Waals surface area contributed by atoms with Crippen LogP contribution in [0.15, 0.2) is 77.7 Å². The minimum atomic E-state index is -3.81. The second-order valence-corrected chi connectivity index (χ2v) is 9.89. The molecule has 152 valence electrons. The Bertz CT molecular complexity index is 1210. The molecule has 0 bridgehead atoms. The van der Waals surface area contributed by atoms with Gasteiger partial charge in [-0.2, -0.15) is 0 Å². The quantitative estimate of drug-likeness (QED) is 0.590. The van der Waals surface area contributed by atoms with E-state index in [1.54, 1.807) is 18.2 Å². The van der Waals surface area contributed by atoms with E-state index in [1.807, 2.05) is 13.0 Å². The summed E-state index contributed by atoms with van der Waals surface area (Å²) in [5.41, 5.74) is 2.01. The number of benzene rings is 3. The fourth-order valence-electron chi connectivity index (χ4n) is 2.64. The van der Waals surface area contributed by atoms with Crippen molar-refractivity contribution < 1.29 is 21.2 Å². The third-order valence-corrected chi connectivity index (χ3v) is 6.64. The van der Waals surface area contributed by atoms with Crippen molar-refractivity contribution in [1.29, 1.82) is 0 Å². The van der Waals surface area contributed by atoms with E-state index in [1.165, 1.54) is 48.5 Å². The Morgan fingerprint density at radius 3 is 2.07 bits per heavy atom. The highest BCUT2D eigenvalue weighted by Crippen LogP contribution is 2.20. The summed E-state index contributed by atoms with van der Waals surface area (Å²) in [6.45, 7) is 1.85. The highest BCUT2D eigenvalue weighted by Gasteiger charge is 2.16. The summed E-state index contributed by atoms with van der Waals surface area (Å²) < 4.78 is 67.3. The minimum absolute atomic E-state index is 0.000452. The third kappa shape index (κ3) is 5.78. The SMILES string of the molecule is Cc1cccc(NS(=O)(=O)c2ccc(NS(=O)(=O)Cc3ccc(F)cc3)cc2)c1. The van der Waals surface area contributed by atoms with E-state index < -0.39 is 25.9 Å². The van der Waals surface area contributed by atoms with E-state index in [2.05, 4.69) is 9.44 Å². The lowest BCUT2D eigenvalue weighted by atomic mass is 10.2. The van der Waals surface area contributed by atoms with Crippen LogP contribution in [-0.4, -0.2) is 16.8 Å². The summed E-state index contributed by atoms with van der Waals surface area (Å²) in [6.07, 6.45) is 0. The van der Waals surface area contributed by atoms with Gasteiger partial charge in [0, 0.05) is 11.4 Å². The fraction of sp³-hybridized carbons (Fsp3) is 0.100. The van der Waals surface area contributed by atoms with Crippen LogP contribution < -0.4 is 9.44 Å². The van der Waals surface area contributed by atoms with Crippen molar-refractivity contribution in [2.75, 3.05) is 9.44 Å². The van der Waals surface area contributed by atoms with Gasteiger partial charge in [0.25, 0.3) is 10.0 Å². The van der Waals surface area contributed by atoms with Crippen LogP contribution in [0.25, 0.3) is 0 Å². The van der Waals surface area contributed by atoms with Crippen molar-refractivity contribution in [2.24, 2.45) is 0 Å². The molecule has 2 N–H and O–H groups in total. The molecule has 29 heavy (non-hydrogen) atoms. The maximum Gasteiger partial charge on any atom is 0.261 e. The molecule has 3 aromatic carbocycles. The summed E-state index contributed by atoms with van der Waals surface area (Å²) >= 11 is 0. The van der Waals surface area contributed by atoms with Crippen LogP contribution in [0.5, 0.6) is 0 Å². The number of rotatable bonds is 7. The second kappa shape index (κ2) is 8.22. The molecule has 0 saturated heterocycles. The maximum absolute atomic E-state index is 12.9. The van der Waals surface area contributed by atoms with Crippen LogP contribution in [0.3, 0.4) is 0 Å². The molecule has 0 fully saturated rings. The Morgan fingerprint density at radius 2 is 1.45 bits per heavy atom. The van der Waals surface area contributed by atoms with Crippen molar-refractivity contribution in [3.8, 4) is 0 Å². The van der Waals surface area contributed by atoms with E-state index in [0.29, 0.717) is 11.3 Å². The fourth-order valence-corrected chi connectivity index (χ4v) is 4.89. The first-order valence-electron chi connectivity index (χ1n) is 8.57. The molecule has 0 aliphatic heterocycles. The molecular weight excluding hydrogens is 415 g/mol. The van der Waals surface area contributed by atoms with Crippen LogP contribution >= 0.6 is 0 Å². The van der Waals surface area contributed by atoms with Gasteiger partial charge in [0.2, 0.25) is 10.0 Å². The standard InChI is InChI=1S/C20H19FN2O4S2/c1-15-3-2-4-19(13-15)23-29(26,27)20-11-9-18(10-12-20)22-28(24,25)14-16-5-7-17(21)8-6-16/h2-13,22-23H,14H2,1H3. The summed E-state index contributed by atoms with van der Waals surface area (Å²) in [4.78, 5) is 0.000452. The molecule has 0 unspecified atom stereocenters. The van der Waals surface area contributed by atoms with E-state index in [0.717, 1.165) is 5.56 Å². The summed E-state index contributed by atoms with van der Waals surface area (Å²) in [5.74, 6) is -0.780. The molecule has 0 amide bonds. The van der Waals surface area contributed by atoms with Crippen LogP contribution in [0.1, 0.15) is 11.1 Å². The highest BCUT2D eigenvalue weighted by atomic mass is 32.2. The number of sulfonamides is 2. The number of hydrogen-bond donors (Lipinski definition) is 2. The number of halogens is 1. The molecule has 0 aliphatic carbocycles.